The van der Waals surface area contributed by atoms with Gasteiger partial charge in [0, 0.05) is 10.7 Å². The number of benzene rings is 2. The van der Waals surface area contributed by atoms with Crippen LogP contribution in [0, 0.1) is 17.5 Å². The lowest BCUT2D eigenvalue weighted by molar-refractivity contribution is -0.122. The smallest absolute Gasteiger partial charge is 0.241 e. The Morgan fingerprint density at radius 1 is 1.04 bits per heavy atom. The monoisotopic (exact) mass is 399 g/mol. The van der Waals surface area contributed by atoms with Crippen molar-refractivity contribution in [2.45, 2.75) is 13.0 Å². The van der Waals surface area contributed by atoms with E-state index in [1.165, 1.54) is 11.9 Å². The average Bonchev–Trinajstić information content (AvgIpc) is 2.63. The molecule has 0 unspecified atom stereocenters. The van der Waals surface area contributed by atoms with Crippen molar-refractivity contribution in [2.24, 2.45) is 0 Å². The number of hydrogen-bond donors (Lipinski definition) is 2. The van der Waals surface area contributed by atoms with Crippen LogP contribution in [0.5, 0.6) is 0 Å². The summed E-state index contributed by atoms with van der Waals surface area (Å²) < 4.78 is 39.7. The van der Waals surface area contributed by atoms with Gasteiger partial charge >= 0.3 is 0 Å². The van der Waals surface area contributed by atoms with Gasteiger partial charge in [0.2, 0.25) is 11.8 Å². The Kier molecular flexibility index (Phi) is 6.81. The lowest BCUT2D eigenvalue weighted by Gasteiger charge is -2.23. The van der Waals surface area contributed by atoms with Gasteiger partial charge in [-0.3, -0.25) is 14.5 Å². The molecule has 5 nitrogen and oxygen atoms in total. The van der Waals surface area contributed by atoms with E-state index in [0.717, 1.165) is 6.07 Å². The van der Waals surface area contributed by atoms with Crippen LogP contribution in [0.2, 0.25) is 5.02 Å². The zero-order valence-corrected chi connectivity index (χ0v) is 15.3. The van der Waals surface area contributed by atoms with E-state index in [-0.39, 0.29) is 12.5 Å². The minimum Gasteiger partial charge on any atom is -0.325 e. The lowest BCUT2D eigenvalue weighted by atomic mass is 10.2. The number of likely N-dealkylation sites (N-methyl/N-ethyl adjacent to an activating group) is 1. The normalized spacial score (nSPS) is 12.0. The summed E-state index contributed by atoms with van der Waals surface area (Å²) in [6.07, 6.45) is 0. The maximum atomic E-state index is 13.6. The second-order valence-electron chi connectivity index (χ2n) is 5.86. The highest BCUT2D eigenvalue weighted by Crippen LogP contribution is 2.19. The van der Waals surface area contributed by atoms with E-state index in [2.05, 4.69) is 10.6 Å². The largest absolute Gasteiger partial charge is 0.325 e. The summed E-state index contributed by atoms with van der Waals surface area (Å²) in [5.74, 6) is -5.56. The Hall–Kier alpha value is -2.58. The van der Waals surface area contributed by atoms with Gasteiger partial charge in [0.15, 0.2) is 17.5 Å². The van der Waals surface area contributed by atoms with Crippen LogP contribution < -0.4 is 10.6 Å². The van der Waals surface area contributed by atoms with Crippen LogP contribution in [0.15, 0.2) is 36.4 Å². The molecular weight excluding hydrogens is 383 g/mol. The molecule has 2 rings (SSSR count). The van der Waals surface area contributed by atoms with Crippen molar-refractivity contribution >= 4 is 34.8 Å². The van der Waals surface area contributed by atoms with Gasteiger partial charge in [-0.1, -0.05) is 11.6 Å². The summed E-state index contributed by atoms with van der Waals surface area (Å²) >= 11 is 5.78. The Balaban J connectivity index is 1.94. The fourth-order valence-corrected chi connectivity index (χ4v) is 2.28. The van der Waals surface area contributed by atoms with Gasteiger partial charge < -0.3 is 10.6 Å². The van der Waals surface area contributed by atoms with Gasteiger partial charge in [-0.15, -0.1) is 0 Å². The average molecular weight is 400 g/mol. The van der Waals surface area contributed by atoms with Gasteiger partial charge in [0.05, 0.1) is 18.3 Å². The number of halogens is 4. The molecule has 0 saturated heterocycles. The van der Waals surface area contributed by atoms with Gasteiger partial charge in [0.25, 0.3) is 0 Å². The molecule has 27 heavy (non-hydrogen) atoms. The number of carbonyl (C=O) groups is 2. The molecule has 0 aliphatic carbocycles. The molecule has 0 heterocycles. The summed E-state index contributed by atoms with van der Waals surface area (Å²) in [6.45, 7) is 1.31. The number of carbonyl (C=O) groups excluding carboxylic acids is 2. The van der Waals surface area contributed by atoms with Gasteiger partial charge in [-0.05, 0) is 50.4 Å². The Bertz CT molecular complexity index is 846. The Morgan fingerprint density at radius 3 is 2.30 bits per heavy atom. The molecule has 2 aromatic rings. The molecule has 0 spiro atoms. The summed E-state index contributed by atoms with van der Waals surface area (Å²) in [4.78, 5) is 25.7. The second kappa shape index (κ2) is 8.88. The lowest BCUT2D eigenvalue weighted by Crippen LogP contribution is -2.43. The minimum absolute atomic E-state index is 0.270. The fraction of sp³-hybridized carbons (Fsp3) is 0.222. The summed E-state index contributed by atoms with van der Waals surface area (Å²) in [5, 5.41) is 5.35. The topological polar surface area (TPSA) is 61.4 Å². The number of rotatable bonds is 6. The van der Waals surface area contributed by atoms with Crippen molar-refractivity contribution in [3.8, 4) is 0 Å². The first-order valence-corrected chi connectivity index (χ1v) is 8.27. The van der Waals surface area contributed by atoms with Crippen LogP contribution >= 0.6 is 11.6 Å². The predicted molar refractivity (Wildman–Crippen MR) is 97.1 cm³/mol. The van der Waals surface area contributed by atoms with E-state index in [1.807, 2.05) is 0 Å². The van der Waals surface area contributed by atoms with Crippen LogP contribution in [0.4, 0.5) is 24.5 Å². The standard InChI is InChI=1S/C18H17ClF3N3O2/c1-10(18(27)23-12-5-3-11(19)4-6-12)25(2)9-15(26)24-14-8-7-13(20)16(21)17(14)22/h3-8,10H,9H2,1-2H3,(H,23,27)(H,24,26)/t10-/m1/s1. The SMILES string of the molecule is C[C@H](C(=O)Nc1ccc(Cl)cc1)N(C)CC(=O)Nc1ccc(F)c(F)c1F. The van der Waals surface area contributed by atoms with Gasteiger partial charge in [0.1, 0.15) is 0 Å². The molecule has 2 aromatic carbocycles. The van der Waals surface area contributed by atoms with Crippen LogP contribution in [0.3, 0.4) is 0 Å². The first-order chi connectivity index (χ1) is 12.7. The van der Waals surface area contributed by atoms with Gasteiger partial charge in [-0.25, -0.2) is 13.2 Å². The van der Waals surface area contributed by atoms with Crippen LogP contribution in [-0.4, -0.2) is 36.3 Å². The van der Waals surface area contributed by atoms with Crippen molar-refractivity contribution in [1.29, 1.82) is 0 Å². The van der Waals surface area contributed by atoms with Crippen molar-refractivity contribution < 1.29 is 22.8 Å². The molecule has 0 radical (unpaired) electrons. The molecular formula is C18H17ClF3N3O2. The highest BCUT2D eigenvalue weighted by molar-refractivity contribution is 6.30. The second-order valence-corrected chi connectivity index (χ2v) is 6.29. The van der Waals surface area contributed by atoms with Gasteiger partial charge in [-0.2, -0.15) is 0 Å². The van der Waals surface area contributed by atoms with E-state index in [9.17, 15) is 22.8 Å². The van der Waals surface area contributed by atoms with E-state index in [1.54, 1.807) is 31.2 Å². The van der Waals surface area contributed by atoms with Crippen molar-refractivity contribution in [3.63, 3.8) is 0 Å². The Labute approximate surface area is 159 Å². The quantitative estimate of drug-likeness (QED) is 0.729. The van der Waals surface area contributed by atoms with Crippen LogP contribution in [0.1, 0.15) is 6.92 Å². The minimum atomic E-state index is -1.67. The van der Waals surface area contributed by atoms with E-state index >= 15 is 0 Å². The van der Waals surface area contributed by atoms with E-state index < -0.39 is 35.1 Å². The van der Waals surface area contributed by atoms with Crippen LogP contribution in [0.25, 0.3) is 0 Å². The predicted octanol–water partition coefficient (Wildman–Crippen LogP) is 3.65. The van der Waals surface area contributed by atoms with Crippen molar-refractivity contribution in [2.75, 3.05) is 24.2 Å². The number of amides is 2. The van der Waals surface area contributed by atoms with E-state index in [0.29, 0.717) is 16.8 Å². The molecule has 0 aliphatic rings. The Morgan fingerprint density at radius 2 is 1.67 bits per heavy atom. The molecule has 0 aromatic heterocycles. The first-order valence-electron chi connectivity index (χ1n) is 7.89. The molecule has 0 saturated carbocycles. The highest BCUT2D eigenvalue weighted by Gasteiger charge is 2.21. The molecule has 0 bridgehead atoms. The number of anilines is 2. The molecule has 144 valence electrons. The molecule has 1 atom stereocenters. The zero-order chi connectivity index (χ0) is 20.1. The zero-order valence-electron chi connectivity index (χ0n) is 14.5. The number of hydrogen-bond acceptors (Lipinski definition) is 3. The summed E-state index contributed by atoms with van der Waals surface area (Å²) in [6, 6.07) is 7.44. The first kappa shape index (κ1) is 20.7. The van der Waals surface area contributed by atoms with Crippen molar-refractivity contribution in [3.05, 3.63) is 58.9 Å². The third kappa shape index (κ3) is 5.45. The van der Waals surface area contributed by atoms with Crippen LogP contribution in [-0.2, 0) is 9.59 Å². The molecule has 0 aliphatic heterocycles. The third-order valence-electron chi connectivity index (χ3n) is 3.85. The van der Waals surface area contributed by atoms with E-state index in [4.69, 9.17) is 11.6 Å². The molecule has 0 fully saturated rings. The molecule has 2 amide bonds. The summed E-state index contributed by atoms with van der Waals surface area (Å²) in [5.41, 5.74) is 0.0588. The number of nitrogens with zero attached hydrogens (tertiary/aromatic N) is 1. The number of nitrogens with one attached hydrogen (secondary N) is 2. The highest BCUT2D eigenvalue weighted by atomic mass is 35.5. The van der Waals surface area contributed by atoms with Crippen molar-refractivity contribution in [1.82, 2.24) is 4.90 Å². The molecule has 2 N–H and O–H groups in total. The molecule has 9 heteroatoms. The maximum absolute atomic E-state index is 13.6. The maximum Gasteiger partial charge on any atom is 0.241 e. The summed E-state index contributed by atoms with van der Waals surface area (Å²) in [7, 11) is 1.52. The third-order valence-corrected chi connectivity index (χ3v) is 4.11. The fourth-order valence-electron chi connectivity index (χ4n) is 2.16.